The van der Waals surface area contributed by atoms with Gasteiger partial charge >= 0.3 is 0 Å². The third-order valence-electron chi connectivity index (χ3n) is 5.90. The van der Waals surface area contributed by atoms with Crippen molar-refractivity contribution in [1.82, 2.24) is 24.8 Å². The molecule has 1 N–H and O–H groups in total. The number of hydrogen-bond acceptors (Lipinski definition) is 8. The minimum atomic E-state index is -0.317. The molecule has 0 atom stereocenters. The lowest BCUT2D eigenvalue weighted by atomic mass is 10.2. The zero-order valence-electron chi connectivity index (χ0n) is 18.8. The summed E-state index contributed by atoms with van der Waals surface area (Å²) in [6.45, 7) is 4.22. The van der Waals surface area contributed by atoms with Crippen molar-refractivity contribution >= 4 is 44.3 Å². The number of amides is 1. The van der Waals surface area contributed by atoms with Gasteiger partial charge in [-0.05, 0) is 35.9 Å². The van der Waals surface area contributed by atoms with Crippen LogP contribution in [0.15, 0.2) is 67.0 Å². The average molecular weight is 483 g/mol. The molecular weight excluding hydrogens is 460 g/mol. The Hall–Kier alpha value is -3.79. The van der Waals surface area contributed by atoms with Gasteiger partial charge in [0.05, 0.1) is 36.1 Å². The number of para-hydroxylation sites is 3. The van der Waals surface area contributed by atoms with Gasteiger partial charge in [0.1, 0.15) is 21.0 Å². The first-order chi connectivity index (χ1) is 17.2. The van der Waals surface area contributed by atoms with E-state index in [0.717, 1.165) is 64.8 Å². The summed E-state index contributed by atoms with van der Waals surface area (Å²) in [5.41, 5.74) is 5.19. The van der Waals surface area contributed by atoms with Crippen molar-refractivity contribution in [2.24, 2.45) is 0 Å². The molecule has 1 aliphatic heterocycles. The number of pyridine rings is 1. The number of nitrogens with one attached hydrogen (secondary N) is 1. The molecule has 0 saturated carbocycles. The Balaban J connectivity index is 1.26. The summed E-state index contributed by atoms with van der Waals surface area (Å²) in [5.74, 6) is -0.317. The molecule has 8 nitrogen and oxygen atoms in total. The Labute approximate surface area is 205 Å². The molecule has 1 amide bonds. The smallest absolute Gasteiger partial charge is 0.275 e. The van der Waals surface area contributed by atoms with Crippen LogP contribution in [0, 0.1) is 0 Å². The van der Waals surface area contributed by atoms with Crippen molar-refractivity contribution in [2.75, 3.05) is 31.6 Å². The van der Waals surface area contributed by atoms with E-state index in [-0.39, 0.29) is 11.6 Å². The number of carbonyl (C=O) groups excluding carboxylic acids is 1. The molecule has 0 bridgehead atoms. The van der Waals surface area contributed by atoms with E-state index in [1.807, 2.05) is 54.7 Å². The fourth-order valence-electron chi connectivity index (χ4n) is 4.12. The van der Waals surface area contributed by atoms with Gasteiger partial charge in [-0.25, -0.2) is 15.0 Å². The van der Waals surface area contributed by atoms with E-state index < -0.39 is 0 Å². The van der Waals surface area contributed by atoms with Crippen LogP contribution < -0.4 is 5.32 Å². The lowest BCUT2D eigenvalue weighted by molar-refractivity contribution is 0.0341. The predicted molar refractivity (Wildman–Crippen MR) is 136 cm³/mol. The Morgan fingerprint density at radius 3 is 2.63 bits per heavy atom. The average Bonchev–Trinajstić information content (AvgIpc) is 3.32. The molecular formula is C26H22N6O2S. The Morgan fingerprint density at radius 2 is 1.74 bits per heavy atom. The number of ether oxygens (including phenoxy) is 1. The third-order valence-corrected chi connectivity index (χ3v) is 6.91. The molecule has 0 spiro atoms. The molecule has 0 unspecified atom stereocenters. The van der Waals surface area contributed by atoms with Crippen molar-refractivity contribution < 1.29 is 9.53 Å². The molecule has 1 fully saturated rings. The zero-order valence-corrected chi connectivity index (χ0v) is 19.7. The van der Waals surface area contributed by atoms with E-state index in [2.05, 4.69) is 31.2 Å². The van der Waals surface area contributed by atoms with Crippen LogP contribution in [-0.4, -0.2) is 57.0 Å². The van der Waals surface area contributed by atoms with E-state index in [0.29, 0.717) is 11.2 Å². The number of thiazole rings is 1. The second kappa shape index (κ2) is 9.46. The Morgan fingerprint density at radius 1 is 0.943 bits per heavy atom. The SMILES string of the molecule is O=C(Nc1ccccc1-c1nc2cc(CN3CCOCC3)cnc2s1)c1cnc2ccccc2n1. The molecule has 3 aromatic heterocycles. The zero-order chi connectivity index (χ0) is 23.6. The standard InChI is InChI=1S/C26H22N6O2S/c33-24(23-15-27-20-7-3-4-8-21(20)29-23)30-19-6-2-1-5-18(19)25-31-22-13-17(14-28-26(22)35-25)16-32-9-11-34-12-10-32/h1-8,13-15H,9-12,16H2,(H,30,33). The molecule has 2 aromatic carbocycles. The number of morpholine rings is 1. The molecule has 9 heteroatoms. The van der Waals surface area contributed by atoms with Crippen molar-refractivity contribution in [3.05, 3.63) is 78.2 Å². The van der Waals surface area contributed by atoms with E-state index in [4.69, 9.17) is 9.72 Å². The van der Waals surface area contributed by atoms with E-state index in [9.17, 15) is 4.79 Å². The maximum atomic E-state index is 13.0. The second-order valence-electron chi connectivity index (χ2n) is 8.32. The highest BCUT2D eigenvalue weighted by atomic mass is 32.1. The molecule has 4 heterocycles. The molecule has 35 heavy (non-hydrogen) atoms. The van der Waals surface area contributed by atoms with Gasteiger partial charge in [0.15, 0.2) is 0 Å². The van der Waals surface area contributed by atoms with E-state index >= 15 is 0 Å². The van der Waals surface area contributed by atoms with Gasteiger partial charge < -0.3 is 10.1 Å². The second-order valence-corrected chi connectivity index (χ2v) is 9.30. The molecule has 1 aliphatic rings. The molecule has 1 saturated heterocycles. The predicted octanol–water partition coefficient (Wildman–Crippen LogP) is 4.39. The fourth-order valence-corrected chi connectivity index (χ4v) is 5.05. The van der Waals surface area contributed by atoms with Gasteiger partial charge in [-0.1, -0.05) is 35.6 Å². The Bertz CT molecular complexity index is 1530. The van der Waals surface area contributed by atoms with Crippen LogP contribution in [0.2, 0.25) is 0 Å². The number of benzene rings is 2. The largest absolute Gasteiger partial charge is 0.379 e. The summed E-state index contributed by atoms with van der Waals surface area (Å²) in [6, 6.07) is 17.2. The summed E-state index contributed by atoms with van der Waals surface area (Å²) in [5, 5.41) is 3.79. The van der Waals surface area contributed by atoms with Gasteiger partial charge in [0.25, 0.3) is 5.91 Å². The lowest BCUT2D eigenvalue weighted by Crippen LogP contribution is -2.35. The van der Waals surface area contributed by atoms with Gasteiger partial charge in [-0.2, -0.15) is 0 Å². The number of anilines is 1. The number of rotatable bonds is 5. The van der Waals surface area contributed by atoms with Gasteiger partial charge in [-0.3, -0.25) is 14.7 Å². The number of hydrogen-bond donors (Lipinski definition) is 1. The highest BCUT2D eigenvalue weighted by Gasteiger charge is 2.17. The van der Waals surface area contributed by atoms with Crippen molar-refractivity contribution in [1.29, 1.82) is 0 Å². The highest BCUT2D eigenvalue weighted by Crippen LogP contribution is 2.34. The first kappa shape index (κ1) is 21.7. The maximum absolute atomic E-state index is 13.0. The molecule has 0 aliphatic carbocycles. The summed E-state index contributed by atoms with van der Waals surface area (Å²) >= 11 is 1.51. The molecule has 6 rings (SSSR count). The fraction of sp³-hybridized carbons (Fsp3) is 0.192. The molecule has 5 aromatic rings. The number of nitrogens with zero attached hydrogens (tertiary/aromatic N) is 5. The Kier molecular flexibility index (Phi) is 5.87. The minimum absolute atomic E-state index is 0.261. The number of aromatic nitrogens is 4. The monoisotopic (exact) mass is 482 g/mol. The summed E-state index contributed by atoms with van der Waals surface area (Å²) in [6.07, 6.45) is 3.42. The van der Waals surface area contributed by atoms with Crippen molar-refractivity contribution in [2.45, 2.75) is 6.54 Å². The van der Waals surface area contributed by atoms with Gasteiger partial charge in [0.2, 0.25) is 0 Å². The minimum Gasteiger partial charge on any atom is -0.379 e. The number of fused-ring (bicyclic) bond motifs is 2. The van der Waals surface area contributed by atoms with E-state index in [1.165, 1.54) is 17.5 Å². The maximum Gasteiger partial charge on any atom is 0.275 e. The van der Waals surface area contributed by atoms with Crippen LogP contribution in [-0.2, 0) is 11.3 Å². The van der Waals surface area contributed by atoms with Crippen molar-refractivity contribution in [3.8, 4) is 10.6 Å². The van der Waals surface area contributed by atoms with Crippen LogP contribution >= 0.6 is 11.3 Å². The van der Waals surface area contributed by atoms with Crippen LogP contribution in [0.1, 0.15) is 16.1 Å². The van der Waals surface area contributed by atoms with Crippen LogP contribution in [0.5, 0.6) is 0 Å². The molecule has 0 radical (unpaired) electrons. The van der Waals surface area contributed by atoms with Crippen LogP contribution in [0.3, 0.4) is 0 Å². The first-order valence-electron chi connectivity index (χ1n) is 11.4. The first-order valence-corrected chi connectivity index (χ1v) is 12.2. The van der Waals surface area contributed by atoms with Crippen LogP contribution in [0.25, 0.3) is 32.0 Å². The molecule has 174 valence electrons. The topological polar surface area (TPSA) is 93.1 Å². The van der Waals surface area contributed by atoms with E-state index in [1.54, 1.807) is 0 Å². The summed E-state index contributed by atoms with van der Waals surface area (Å²) in [4.78, 5) is 34.5. The van der Waals surface area contributed by atoms with Crippen molar-refractivity contribution in [3.63, 3.8) is 0 Å². The number of carbonyl (C=O) groups is 1. The lowest BCUT2D eigenvalue weighted by Gasteiger charge is -2.26. The normalized spacial score (nSPS) is 14.4. The summed E-state index contributed by atoms with van der Waals surface area (Å²) < 4.78 is 5.44. The van der Waals surface area contributed by atoms with Gasteiger partial charge in [0, 0.05) is 31.4 Å². The quantitative estimate of drug-likeness (QED) is 0.397. The summed E-state index contributed by atoms with van der Waals surface area (Å²) in [7, 11) is 0. The van der Waals surface area contributed by atoms with Crippen LogP contribution in [0.4, 0.5) is 5.69 Å². The third kappa shape index (κ3) is 4.61. The highest BCUT2D eigenvalue weighted by molar-refractivity contribution is 7.21. The van der Waals surface area contributed by atoms with Gasteiger partial charge in [-0.15, -0.1) is 0 Å².